The number of hydrogen-bond donors (Lipinski definition) is 1. The first-order valence-electron chi connectivity index (χ1n) is 7.23. The van der Waals surface area contributed by atoms with E-state index in [1.165, 1.54) is 22.8 Å². The Bertz CT molecular complexity index is 610. The van der Waals surface area contributed by atoms with Crippen molar-refractivity contribution in [2.24, 2.45) is 5.73 Å². The van der Waals surface area contributed by atoms with Gasteiger partial charge in [0.15, 0.2) is 0 Å². The Morgan fingerprint density at radius 1 is 1.10 bits per heavy atom. The fourth-order valence-electron chi connectivity index (χ4n) is 2.58. The summed E-state index contributed by atoms with van der Waals surface area (Å²) in [7, 11) is 2.03. The Kier molecular flexibility index (Phi) is 5.10. The van der Waals surface area contributed by atoms with Crippen molar-refractivity contribution in [2.75, 3.05) is 13.6 Å². The molecule has 0 aromatic heterocycles. The summed E-state index contributed by atoms with van der Waals surface area (Å²) >= 11 is 0. The molecule has 0 radical (unpaired) electrons. The van der Waals surface area contributed by atoms with Gasteiger partial charge in [-0.25, -0.2) is 4.39 Å². The van der Waals surface area contributed by atoms with Gasteiger partial charge >= 0.3 is 0 Å². The molecule has 2 N–H and O–H groups in total. The summed E-state index contributed by atoms with van der Waals surface area (Å²) in [6.07, 6.45) is 0. The molecule has 0 spiro atoms. The van der Waals surface area contributed by atoms with Crippen LogP contribution >= 0.6 is 0 Å². The molecule has 0 saturated heterocycles. The molecule has 2 aromatic carbocycles. The third-order valence-corrected chi connectivity index (χ3v) is 3.99. The van der Waals surface area contributed by atoms with E-state index in [-0.39, 0.29) is 11.9 Å². The summed E-state index contributed by atoms with van der Waals surface area (Å²) in [6.45, 7) is 5.42. The molecule has 2 aromatic rings. The Balaban J connectivity index is 2.18. The van der Waals surface area contributed by atoms with E-state index >= 15 is 0 Å². The number of halogens is 1. The molecule has 0 bridgehead atoms. The third-order valence-electron chi connectivity index (χ3n) is 3.99. The maximum Gasteiger partial charge on any atom is 0.123 e. The SMILES string of the molecule is Cc1ccc(C(CN)N(C)Cc2cccc(F)c2)cc1C. The van der Waals surface area contributed by atoms with Crippen LogP contribution in [0.5, 0.6) is 0 Å². The minimum Gasteiger partial charge on any atom is -0.329 e. The van der Waals surface area contributed by atoms with Crippen LogP contribution in [0, 0.1) is 19.7 Å². The van der Waals surface area contributed by atoms with E-state index in [0.717, 1.165) is 5.56 Å². The van der Waals surface area contributed by atoms with E-state index in [0.29, 0.717) is 13.1 Å². The molecule has 0 heterocycles. The predicted octanol–water partition coefficient (Wildman–Crippen LogP) is 3.57. The molecule has 2 rings (SSSR count). The molecule has 0 amide bonds. The Morgan fingerprint density at radius 2 is 1.86 bits per heavy atom. The number of nitrogens with two attached hydrogens (primary N) is 1. The zero-order chi connectivity index (χ0) is 15.4. The van der Waals surface area contributed by atoms with Gasteiger partial charge in [-0.1, -0.05) is 30.3 Å². The lowest BCUT2D eigenvalue weighted by Crippen LogP contribution is -2.30. The summed E-state index contributed by atoms with van der Waals surface area (Å²) in [5, 5.41) is 0. The number of aryl methyl sites for hydroxylation is 2. The summed E-state index contributed by atoms with van der Waals surface area (Å²) in [6, 6.07) is 13.3. The van der Waals surface area contributed by atoms with Crippen molar-refractivity contribution in [2.45, 2.75) is 26.4 Å². The lowest BCUT2D eigenvalue weighted by atomic mass is 10.00. The molecule has 1 unspecified atom stereocenters. The van der Waals surface area contributed by atoms with Crippen LogP contribution in [0.4, 0.5) is 4.39 Å². The van der Waals surface area contributed by atoms with Gasteiger partial charge in [-0.3, -0.25) is 4.90 Å². The van der Waals surface area contributed by atoms with Gasteiger partial charge in [0, 0.05) is 19.1 Å². The van der Waals surface area contributed by atoms with Crippen molar-refractivity contribution in [1.82, 2.24) is 4.90 Å². The molecule has 21 heavy (non-hydrogen) atoms. The molecule has 3 heteroatoms. The van der Waals surface area contributed by atoms with Crippen LogP contribution in [0.3, 0.4) is 0 Å². The van der Waals surface area contributed by atoms with Crippen LogP contribution in [0.2, 0.25) is 0 Å². The molecule has 1 atom stereocenters. The van der Waals surface area contributed by atoms with Crippen molar-refractivity contribution in [3.05, 3.63) is 70.5 Å². The van der Waals surface area contributed by atoms with Crippen molar-refractivity contribution in [1.29, 1.82) is 0 Å². The fraction of sp³-hybridized carbons (Fsp3) is 0.333. The molecular weight excluding hydrogens is 263 g/mol. The maximum atomic E-state index is 13.3. The highest BCUT2D eigenvalue weighted by molar-refractivity contribution is 5.32. The van der Waals surface area contributed by atoms with Gasteiger partial charge in [0.1, 0.15) is 5.82 Å². The van der Waals surface area contributed by atoms with E-state index in [9.17, 15) is 4.39 Å². The van der Waals surface area contributed by atoms with E-state index in [1.54, 1.807) is 12.1 Å². The quantitative estimate of drug-likeness (QED) is 0.910. The Morgan fingerprint density at radius 3 is 2.48 bits per heavy atom. The standard InChI is InChI=1S/C18H23FN2/c1-13-7-8-16(9-14(13)2)18(11-20)21(3)12-15-5-4-6-17(19)10-15/h4-10,18H,11-12,20H2,1-3H3. The summed E-state index contributed by atoms with van der Waals surface area (Å²) in [5.41, 5.74) is 10.7. The van der Waals surface area contributed by atoms with E-state index in [4.69, 9.17) is 5.73 Å². The highest BCUT2D eigenvalue weighted by Crippen LogP contribution is 2.22. The van der Waals surface area contributed by atoms with E-state index in [1.807, 2.05) is 13.1 Å². The zero-order valence-corrected chi connectivity index (χ0v) is 12.9. The molecular formula is C18H23FN2. The van der Waals surface area contributed by atoms with Crippen LogP contribution in [0.25, 0.3) is 0 Å². The minimum atomic E-state index is -0.198. The maximum absolute atomic E-state index is 13.3. The topological polar surface area (TPSA) is 29.3 Å². The van der Waals surface area contributed by atoms with Gasteiger partial charge in [-0.15, -0.1) is 0 Å². The van der Waals surface area contributed by atoms with Crippen LogP contribution < -0.4 is 5.73 Å². The molecule has 112 valence electrons. The lowest BCUT2D eigenvalue weighted by molar-refractivity contribution is 0.241. The summed E-state index contributed by atoms with van der Waals surface area (Å²) < 4.78 is 13.3. The second-order valence-corrected chi connectivity index (χ2v) is 5.64. The molecule has 0 aliphatic heterocycles. The average molecular weight is 286 g/mol. The van der Waals surface area contributed by atoms with Crippen LogP contribution in [-0.4, -0.2) is 18.5 Å². The second kappa shape index (κ2) is 6.83. The Labute approximate surface area is 126 Å². The molecule has 0 saturated carbocycles. The van der Waals surface area contributed by atoms with E-state index in [2.05, 4.69) is 36.9 Å². The average Bonchev–Trinajstić information content (AvgIpc) is 2.43. The third kappa shape index (κ3) is 3.90. The monoisotopic (exact) mass is 286 g/mol. The van der Waals surface area contributed by atoms with Gasteiger partial charge in [0.25, 0.3) is 0 Å². The van der Waals surface area contributed by atoms with Gasteiger partial charge in [-0.2, -0.15) is 0 Å². The minimum absolute atomic E-state index is 0.132. The molecule has 0 aliphatic rings. The molecule has 0 aliphatic carbocycles. The largest absolute Gasteiger partial charge is 0.329 e. The van der Waals surface area contributed by atoms with Crippen molar-refractivity contribution < 1.29 is 4.39 Å². The smallest absolute Gasteiger partial charge is 0.123 e. The first-order chi connectivity index (χ1) is 10.0. The number of rotatable bonds is 5. The number of nitrogens with zero attached hydrogens (tertiary/aromatic N) is 1. The van der Waals surface area contributed by atoms with Crippen LogP contribution in [0.15, 0.2) is 42.5 Å². The number of hydrogen-bond acceptors (Lipinski definition) is 2. The van der Waals surface area contributed by atoms with Crippen molar-refractivity contribution in [3.8, 4) is 0 Å². The molecule has 2 nitrogen and oxygen atoms in total. The second-order valence-electron chi connectivity index (χ2n) is 5.64. The van der Waals surface area contributed by atoms with Gasteiger partial charge < -0.3 is 5.73 Å². The fourth-order valence-corrected chi connectivity index (χ4v) is 2.58. The normalized spacial score (nSPS) is 12.7. The molecule has 0 fully saturated rings. The highest BCUT2D eigenvalue weighted by atomic mass is 19.1. The summed E-state index contributed by atoms with van der Waals surface area (Å²) in [4.78, 5) is 2.17. The van der Waals surface area contributed by atoms with Gasteiger partial charge in [0.2, 0.25) is 0 Å². The van der Waals surface area contributed by atoms with Gasteiger partial charge in [-0.05, 0) is 55.3 Å². The zero-order valence-electron chi connectivity index (χ0n) is 12.9. The number of benzene rings is 2. The Hall–Kier alpha value is -1.71. The summed E-state index contributed by atoms with van der Waals surface area (Å²) in [5.74, 6) is -0.198. The van der Waals surface area contributed by atoms with Gasteiger partial charge in [0.05, 0.1) is 0 Å². The first kappa shape index (κ1) is 15.7. The van der Waals surface area contributed by atoms with E-state index < -0.39 is 0 Å². The highest BCUT2D eigenvalue weighted by Gasteiger charge is 2.16. The first-order valence-corrected chi connectivity index (χ1v) is 7.23. The predicted molar refractivity (Wildman–Crippen MR) is 85.6 cm³/mol. The number of likely N-dealkylation sites (N-methyl/N-ethyl adjacent to an activating group) is 1. The van der Waals surface area contributed by atoms with Crippen LogP contribution in [0.1, 0.15) is 28.3 Å². The van der Waals surface area contributed by atoms with Crippen molar-refractivity contribution >= 4 is 0 Å². The van der Waals surface area contributed by atoms with Crippen LogP contribution in [-0.2, 0) is 6.54 Å². The lowest BCUT2D eigenvalue weighted by Gasteiger charge is -2.28. The van der Waals surface area contributed by atoms with Crippen molar-refractivity contribution in [3.63, 3.8) is 0 Å².